The number of guanidine groups is 1. The van der Waals surface area contributed by atoms with Crippen molar-refractivity contribution in [2.24, 2.45) is 4.99 Å². The number of benzene rings is 1. The van der Waals surface area contributed by atoms with Gasteiger partial charge in [-0.3, -0.25) is 4.99 Å². The number of aliphatic imine (C=N–C) groups is 1. The first-order valence-corrected chi connectivity index (χ1v) is 9.73. The number of hydrogen-bond donors (Lipinski definition) is 1. The highest BCUT2D eigenvalue weighted by Crippen LogP contribution is 2.18. The molecule has 2 aliphatic heterocycles. The highest BCUT2D eigenvalue weighted by Gasteiger charge is 2.36. The van der Waals surface area contributed by atoms with Gasteiger partial charge in [0.25, 0.3) is 0 Å². The van der Waals surface area contributed by atoms with Crippen molar-refractivity contribution in [1.29, 1.82) is 0 Å². The standard InChI is InChI=1S/C20H29FN4O3.HI/c1-20(2,3)28-19(26)24-10-11-25-16(14-24)13-23-18(25)22-9-4-12-27-17-7-5-15(21)6-8-17;/h5-8,16H,4,9-14H2,1-3H3,(H,22,23);1H. The molecule has 1 saturated heterocycles. The summed E-state index contributed by atoms with van der Waals surface area (Å²) in [5.41, 5.74) is -0.483. The van der Waals surface area contributed by atoms with Crippen molar-refractivity contribution in [1.82, 2.24) is 15.1 Å². The predicted molar refractivity (Wildman–Crippen MR) is 121 cm³/mol. The molecule has 0 aromatic heterocycles. The van der Waals surface area contributed by atoms with E-state index in [2.05, 4.69) is 15.2 Å². The molecule has 0 bridgehead atoms. The van der Waals surface area contributed by atoms with Gasteiger partial charge in [0.15, 0.2) is 5.96 Å². The van der Waals surface area contributed by atoms with Crippen molar-refractivity contribution in [3.63, 3.8) is 0 Å². The van der Waals surface area contributed by atoms with Gasteiger partial charge in [-0.2, -0.15) is 0 Å². The number of fused-ring (bicyclic) bond motifs is 1. The van der Waals surface area contributed by atoms with Gasteiger partial charge < -0.3 is 24.6 Å². The summed E-state index contributed by atoms with van der Waals surface area (Å²) in [6.45, 7) is 9.57. The molecule has 0 radical (unpaired) electrons. The number of nitrogens with zero attached hydrogens (tertiary/aromatic N) is 3. The van der Waals surface area contributed by atoms with Crippen molar-refractivity contribution in [2.45, 2.75) is 38.8 Å². The van der Waals surface area contributed by atoms with Gasteiger partial charge in [0.05, 0.1) is 19.2 Å². The summed E-state index contributed by atoms with van der Waals surface area (Å²) in [6.07, 6.45) is 0.547. The predicted octanol–water partition coefficient (Wildman–Crippen LogP) is 3.09. The lowest BCUT2D eigenvalue weighted by molar-refractivity contribution is 0.0137. The summed E-state index contributed by atoms with van der Waals surface area (Å²) in [4.78, 5) is 20.8. The number of halogens is 2. The minimum atomic E-state index is -0.483. The summed E-state index contributed by atoms with van der Waals surface area (Å²) >= 11 is 0. The van der Waals surface area contributed by atoms with Crippen LogP contribution in [0.2, 0.25) is 0 Å². The Morgan fingerprint density at radius 2 is 2.00 bits per heavy atom. The van der Waals surface area contributed by atoms with Crippen LogP contribution >= 0.6 is 24.0 Å². The fourth-order valence-electron chi connectivity index (χ4n) is 3.22. The lowest BCUT2D eigenvalue weighted by atomic mass is 10.2. The molecule has 2 heterocycles. The number of rotatable bonds is 5. The van der Waals surface area contributed by atoms with Gasteiger partial charge in [-0.25, -0.2) is 9.18 Å². The van der Waals surface area contributed by atoms with Gasteiger partial charge in [-0.05, 0) is 51.5 Å². The van der Waals surface area contributed by atoms with Gasteiger partial charge >= 0.3 is 6.09 Å². The van der Waals surface area contributed by atoms with Crippen molar-refractivity contribution in [2.75, 3.05) is 39.3 Å². The molecule has 0 aliphatic carbocycles. The molecule has 1 aromatic carbocycles. The van der Waals surface area contributed by atoms with Crippen LogP contribution in [0.15, 0.2) is 29.3 Å². The number of amides is 1. The van der Waals surface area contributed by atoms with Crippen LogP contribution in [0.3, 0.4) is 0 Å². The van der Waals surface area contributed by atoms with E-state index in [-0.39, 0.29) is 41.9 Å². The molecule has 0 saturated carbocycles. The molecule has 0 spiro atoms. The Kier molecular flexibility index (Phi) is 8.35. The maximum Gasteiger partial charge on any atom is 0.410 e. The molecule has 3 rings (SSSR count). The van der Waals surface area contributed by atoms with E-state index in [4.69, 9.17) is 9.47 Å². The zero-order chi connectivity index (χ0) is 20.1. The van der Waals surface area contributed by atoms with E-state index in [1.165, 1.54) is 12.1 Å². The van der Waals surface area contributed by atoms with Gasteiger partial charge in [0.1, 0.15) is 17.2 Å². The molecule has 1 aromatic rings. The zero-order valence-corrected chi connectivity index (χ0v) is 19.5. The monoisotopic (exact) mass is 520 g/mol. The molecule has 7 nitrogen and oxygen atoms in total. The Bertz CT molecular complexity index is 709. The first-order chi connectivity index (χ1) is 13.3. The number of ether oxygens (including phenoxy) is 2. The number of hydrogen-bond acceptors (Lipinski definition) is 6. The first-order valence-electron chi connectivity index (χ1n) is 9.73. The number of nitrogens with one attached hydrogen (secondary N) is 1. The molecule has 1 amide bonds. The third-order valence-corrected chi connectivity index (χ3v) is 4.54. The van der Waals surface area contributed by atoms with Gasteiger partial charge in [-0.15, -0.1) is 24.0 Å². The molecule has 1 fully saturated rings. The largest absolute Gasteiger partial charge is 0.494 e. The van der Waals surface area contributed by atoms with E-state index in [0.29, 0.717) is 32.0 Å². The van der Waals surface area contributed by atoms with Crippen LogP contribution in [-0.4, -0.2) is 72.8 Å². The second-order valence-corrected chi connectivity index (χ2v) is 8.02. The maximum absolute atomic E-state index is 12.9. The normalized spacial score (nSPS) is 18.5. The maximum atomic E-state index is 12.9. The van der Waals surface area contributed by atoms with Crippen LogP contribution < -0.4 is 10.1 Å². The molecular weight excluding hydrogens is 490 g/mol. The molecule has 162 valence electrons. The van der Waals surface area contributed by atoms with Gasteiger partial charge in [-0.1, -0.05) is 0 Å². The van der Waals surface area contributed by atoms with Gasteiger partial charge in [0.2, 0.25) is 0 Å². The first kappa shape index (κ1) is 23.5. The van der Waals surface area contributed by atoms with Crippen LogP contribution in [0.25, 0.3) is 0 Å². The van der Waals surface area contributed by atoms with Crippen molar-refractivity contribution in [3.8, 4) is 5.75 Å². The summed E-state index contributed by atoms with van der Waals surface area (Å²) in [7, 11) is 0. The van der Waals surface area contributed by atoms with Gasteiger partial charge in [0, 0.05) is 26.2 Å². The third kappa shape index (κ3) is 6.90. The van der Waals surface area contributed by atoms with E-state index in [1.807, 2.05) is 20.8 Å². The fourth-order valence-corrected chi connectivity index (χ4v) is 3.22. The lowest BCUT2D eigenvalue weighted by Gasteiger charge is -2.39. The minimum Gasteiger partial charge on any atom is -0.494 e. The highest BCUT2D eigenvalue weighted by atomic mass is 127. The Labute approximate surface area is 188 Å². The van der Waals surface area contributed by atoms with E-state index in [9.17, 15) is 9.18 Å². The SMILES string of the molecule is CC(C)(C)OC(=O)N1CCN2C(NCCCOc3ccc(F)cc3)=NCC2C1.I. The number of piperazine rings is 1. The molecule has 29 heavy (non-hydrogen) atoms. The Balaban J connectivity index is 0.00000300. The Hall–Kier alpha value is -1.78. The molecule has 1 N–H and O–H groups in total. The smallest absolute Gasteiger partial charge is 0.410 e. The van der Waals surface area contributed by atoms with Crippen LogP contribution in [-0.2, 0) is 4.74 Å². The molecule has 1 unspecified atom stereocenters. The molecule has 9 heteroatoms. The van der Waals surface area contributed by atoms with Crippen LogP contribution in [0.5, 0.6) is 5.75 Å². The van der Waals surface area contributed by atoms with Crippen molar-refractivity contribution >= 4 is 36.0 Å². The van der Waals surface area contributed by atoms with Crippen LogP contribution in [0, 0.1) is 5.82 Å². The van der Waals surface area contributed by atoms with E-state index in [1.54, 1.807) is 17.0 Å². The van der Waals surface area contributed by atoms with E-state index >= 15 is 0 Å². The highest BCUT2D eigenvalue weighted by molar-refractivity contribution is 14.0. The summed E-state index contributed by atoms with van der Waals surface area (Å²) in [5.74, 6) is 1.28. The summed E-state index contributed by atoms with van der Waals surface area (Å²) in [5, 5.41) is 3.36. The summed E-state index contributed by atoms with van der Waals surface area (Å²) < 4.78 is 23.9. The second kappa shape index (κ2) is 10.3. The minimum absolute atomic E-state index is 0. The molecular formula is C20H30FIN4O3. The number of carbonyl (C=O) groups excluding carboxylic acids is 1. The topological polar surface area (TPSA) is 66.4 Å². The van der Waals surface area contributed by atoms with Crippen molar-refractivity contribution < 1.29 is 18.7 Å². The average Bonchev–Trinajstić information content (AvgIpc) is 3.04. The lowest BCUT2D eigenvalue weighted by Crippen LogP contribution is -2.57. The van der Waals surface area contributed by atoms with E-state index < -0.39 is 5.60 Å². The molecule has 2 aliphatic rings. The zero-order valence-electron chi connectivity index (χ0n) is 17.2. The fraction of sp³-hybridized carbons (Fsp3) is 0.600. The second-order valence-electron chi connectivity index (χ2n) is 8.02. The van der Waals surface area contributed by atoms with Crippen LogP contribution in [0.4, 0.5) is 9.18 Å². The average molecular weight is 520 g/mol. The van der Waals surface area contributed by atoms with Crippen molar-refractivity contribution in [3.05, 3.63) is 30.1 Å². The number of carbonyl (C=O) groups is 1. The van der Waals surface area contributed by atoms with Crippen LogP contribution in [0.1, 0.15) is 27.2 Å². The third-order valence-electron chi connectivity index (χ3n) is 4.54. The Morgan fingerprint density at radius 1 is 1.28 bits per heavy atom. The Morgan fingerprint density at radius 3 is 2.69 bits per heavy atom. The summed E-state index contributed by atoms with van der Waals surface area (Å²) in [6, 6.07) is 6.21. The van der Waals surface area contributed by atoms with E-state index in [0.717, 1.165) is 25.5 Å². The quantitative estimate of drug-likeness (QED) is 0.478. The molecule has 1 atom stereocenters.